The van der Waals surface area contributed by atoms with Crippen LogP contribution >= 0.6 is 0 Å². The second-order valence-corrected chi connectivity index (χ2v) is 7.58. The van der Waals surface area contributed by atoms with Gasteiger partial charge in [-0.15, -0.1) is 5.10 Å². The quantitative estimate of drug-likeness (QED) is 0.473. The number of hydrogen-bond donors (Lipinski definition) is 1. The zero-order chi connectivity index (χ0) is 21.8. The first-order valence-corrected chi connectivity index (χ1v) is 10.7. The Kier molecular flexibility index (Phi) is 6.06. The van der Waals surface area contributed by atoms with E-state index in [2.05, 4.69) is 32.5 Å². The summed E-state index contributed by atoms with van der Waals surface area (Å²) in [5.41, 5.74) is 5.95. The highest BCUT2D eigenvalue weighted by molar-refractivity contribution is 5.79. The van der Waals surface area contributed by atoms with Crippen LogP contribution in [-0.2, 0) is 19.5 Å². The molecule has 160 valence electrons. The summed E-state index contributed by atoms with van der Waals surface area (Å²) in [6.45, 7) is 7.37. The number of nitrogens with one attached hydrogen (secondary N) is 1. The van der Waals surface area contributed by atoms with Gasteiger partial charge in [-0.1, -0.05) is 43.7 Å². The monoisotopic (exact) mass is 417 g/mol. The molecule has 0 saturated heterocycles. The Morgan fingerprint density at radius 1 is 1.03 bits per heavy atom. The van der Waals surface area contributed by atoms with Crippen molar-refractivity contribution < 1.29 is 0 Å². The van der Waals surface area contributed by atoms with E-state index in [0.717, 1.165) is 53.0 Å². The van der Waals surface area contributed by atoms with Crippen LogP contribution in [-0.4, -0.2) is 34.7 Å². The topological polar surface area (TPSA) is 94.3 Å². The van der Waals surface area contributed by atoms with E-state index >= 15 is 0 Å². The zero-order valence-corrected chi connectivity index (χ0v) is 18.2. The second kappa shape index (κ2) is 9.07. The first-order chi connectivity index (χ1) is 15.1. The van der Waals surface area contributed by atoms with Crippen LogP contribution in [0.25, 0.3) is 22.5 Å². The molecule has 1 N–H and O–H groups in total. The molecule has 4 rings (SSSR count). The van der Waals surface area contributed by atoms with Crippen LogP contribution in [0.2, 0.25) is 0 Å². The molecule has 0 unspecified atom stereocenters. The van der Waals surface area contributed by atoms with E-state index in [9.17, 15) is 4.79 Å². The van der Waals surface area contributed by atoms with Crippen LogP contribution in [0.15, 0.2) is 47.4 Å². The van der Waals surface area contributed by atoms with Gasteiger partial charge in [0.15, 0.2) is 5.82 Å². The van der Waals surface area contributed by atoms with Crippen molar-refractivity contribution in [2.45, 2.75) is 53.1 Å². The summed E-state index contributed by atoms with van der Waals surface area (Å²) in [5, 5.41) is 14.2. The highest BCUT2D eigenvalue weighted by Crippen LogP contribution is 2.29. The van der Waals surface area contributed by atoms with E-state index < -0.39 is 0 Å². The molecule has 0 aliphatic rings. The van der Waals surface area contributed by atoms with Gasteiger partial charge in [-0.05, 0) is 48.7 Å². The van der Waals surface area contributed by atoms with Crippen molar-refractivity contribution in [3.8, 4) is 22.5 Å². The molecule has 3 heterocycles. The Hall–Kier alpha value is -3.55. The Bertz CT molecular complexity index is 1200. The highest BCUT2D eigenvalue weighted by atomic mass is 16.1. The summed E-state index contributed by atoms with van der Waals surface area (Å²) in [4.78, 5) is 17.6. The molecular weight excluding hydrogens is 390 g/mol. The van der Waals surface area contributed by atoms with Crippen molar-refractivity contribution >= 4 is 0 Å². The third-order valence-electron chi connectivity index (χ3n) is 5.68. The molecule has 0 fully saturated rings. The van der Waals surface area contributed by atoms with E-state index in [0.29, 0.717) is 18.9 Å². The van der Waals surface area contributed by atoms with E-state index in [4.69, 9.17) is 0 Å². The minimum atomic E-state index is 0.0418. The maximum Gasteiger partial charge on any atom is 0.328 e. The minimum Gasteiger partial charge on any atom is -0.297 e. The number of tetrazole rings is 1. The maximum absolute atomic E-state index is 12.9. The lowest BCUT2D eigenvalue weighted by Gasteiger charge is -2.10. The molecule has 3 aromatic heterocycles. The smallest absolute Gasteiger partial charge is 0.297 e. The van der Waals surface area contributed by atoms with Gasteiger partial charge >= 0.3 is 5.69 Å². The molecule has 0 aliphatic heterocycles. The van der Waals surface area contributed by atoms with Gasteiger partial charge in [-0.2, -0.15) is 0 Å². The third-order valence-corrected chi connectivity index (χ3v) is 5.68. The largest absolute Gasteiger partial charge is 0.328 e. The molecule has 0 bridgehead atoms. The van der Waals surface area contributed by atoms with Crippen LogP contribution < -0.4 is 5.69 Å². The van der Waals surface area contributed by atoms with Crippen LogP contribution in [0.5, 0.6) is 0 Å². The molecule has 8 nitrogen and oxygen atoms in total. The van der Waals surface area contributed by atoms with E-state index in [1.807, 2.05) is 65.6 Å². The fraction of sp³-hybridized carbons (Fsp3) is 0.348. The molecule has 1 aromatic carbocycles. The standard InChI is InChI=1S/C23H27N7O/c1-4-6-11-21-16(3)29(5-2)23(31)30(21)15-18-13-12-17(14-24-18)19-9-7-8-10-20(19)22-25-27-28-26-22/h7-10,12-14H,4-6,11,15H2,1-3H3,(H,25,26,27,28). The number of aromatic nitrogens is 7. The fourth-order valence-electron chi connectivity index (χ4n) is 4.01. The minimum absolute atomic E-state index is 0.0418. The van der Waals surface area contributed by atoms with Crippen molar-refractivity contribution in [3.63, 3.8) is 0 Å². The molecule has 0 aliphatic carbocycles. The average molecular weight is 418 g/mol. The van der Waals surface area contributed by atoms with Gasteiger partial charge in [0.25, 0.3) is 0 Å². The van der Waals surface area contributed by atoms with Crippen LogP contribution in [0.1, 0.15) is 43.8 Å². The van der Waals surface area contributed by atoms with Crippen molar-refractivity contribution in [3.05, 3.63) is 70.2 Å². The van der Waals surface area contributed by atoms with Gasteiger partial charge in [-0.25, -0.2) is 9.89 Å². The first-order valence-electron chi connectivity index (χ1n) is 10.7. The normalized spacial score (nSPS) is 11.2. The van der Waals surface area contributed by atoms with Crippen LogP contribution in [0.3, 0.4) is 0 Å². The van der Waals surface area contributed by atoms with E-state index in [-0.39, 0.29) is 5.69 Å². The Balaban J connectivity index is 1.65. The molecular formula is C23H27N7O. The fourth-order valence-corrected chi connectivity index (χ4v) is 4.01. The summed E-state index contributed by atoms with van der Waals surface area (Å²) in [7, 11) is 0. The molecule has 0 radical (unpaired) electrons. The second-order valence-electron chi connectivity index (χ2n) is 7.58. The molecule has 31 heavy (non-hydrogen) atoms. The molecule has 0 atom stereocenters. The molecule has 0 amide bonds. The Morgan fingerprint density at radius 2 is 1.84 bits per heavy atom. The van der Waals surface area contributed by atoms with Crippen LogP contribution in [0.4, 0.5) is 0 Å². The number of pyridine rings is 1. The number of unbranched alkanes of at least 4 members (excludes halogenated alkanes) is 1. The molecule has 0 spiro atoms. The Morgan fingerprint density at radius 3 is 2.48 bits per heavy atom. The summed E-state index contributed by atoms with van der Waals surface area (Å²) < 4.78 is 3.73. The molecule has 4 aromatic rings. The van der Waals surface area contributed by atoms with Gasteiger partial charge < -0.3 is 0 Å². The van der Waals surface area contributed by atoms with Crippen LogP contribution in [0, 0.1) is 6.92 Å². The summed E-state index contributed by atoms with van der Waals surface area (Å²) in [6, 6.07) is 11.9. The number of aromatic amines is 1. The first kappa shape index (κ1) is 20.7. The average Bonchev–Trinajstić information content (AvgIpc) is 3.41. The number of H-pyrrole nitrogens is 1. The number of rotatable bonds is 8. The van der Waals surface area contributed by atoms with Crippen molar-refractivity contribution in [1.29, 1.82) is 0 Å². The molecule has 0 saturated carbocycles. The number of imidazole rings is 1. The van der Waals surface area contributed by atoms with Crippen molar-refractivity contribution in [2.24, 2.45) is 0 Å². The van der Waals surface area contributed by atoms with Gasteiger partial charge in [0.1, 0.15) is 0 Å². The van der Waals surface area contributed by atoms with Gasteiger partial charge in [0, 0.05) is 35.3 Å². The zero-order valence-electron chi connectivity index (χ0n) is 18.2. The van der Waals surface area contributed by atoms with E-state index in [1.54, 1.807) is 0 Å². The lowest BCUT2D eigenvalue weighted by atomic mass is 10.0. The SMILES string of the molecule is CCCCc1c(C)n(CC)c(=O)n1Cc1ccc(-c2ccccc2-c2nnn[nH]2)cn1. The lowest BCUT2D eigenvalue weighted by molar-refractivity contribution is 0.638. The van der Waals surface area contributed by atoms with E-state index in [1.165, 1.54) is 0 Å². The summed E-state index contributed by atoms with van der Waals surface area (Å²) >= 11 is 0. The van der Waals surface area contributed by atoms with Gasteiger partial charge in [0.2, 0.25) is 0 Å². The lowest BCUT2D eigenvalue weighted by Crippen LogP contribution is -2.25. The van der Waals surface area contributed by atoms with Crippen molar-refractivity contribution in [1.82, 2.24) is 34.7 Å². The number of nitrogens with zero attached hydrogens (tertiary/aromatic N) is 6. The third kappa shape index (κ3) is 4.05. The number of hydrogen-bond acceptors (Lipinski definition) is 5. The maximum atomic E-state index is 12.9. The summed E-state index contributed by atoms with van der Waals surface area (Å²) in [6.07, 6.45) is 4.91. The predicted octanol–water partition coefficient (Wildman–Crippen LogP) is 3.61. The molecule has 8 heteroatoms. The number of benzene rings is 1. The Labute approximate surface area is 181 Å². The predicted molar refractivity (Wildman–Crippen MR) is 120 cm³/mol. The summed E-state index contributed by atoms with van der Waals surface area (Å²) in [5.74, 6) is 0.614. The van der Waals surface area contributed by atoms with Gasteiger partial charge in [0.05, 0.1) is 12.2 Å². The van der Waals surface area contributed by atoms with Gasteiger partial charge in [-0.3, -0.25) is 14.1 Å². The highest BCUT2D eigenvalue weighted by Gasteiger charge is 2.16. The van der Waals surface area contributed by atoms with Crippen molar-refractivity contribution in [2.75, 3.05) is 0 Å².